The number of carbonyl (C=O) groups excluding carboxylic acids is 2. The fourth-order valence-corrected chi connectivity index (χ4v) is 2.42. The van der Waals surface area contributed by atoms with Gasteiger partial charge in [0.25, 0.3) is 5.91 Å². The molecule has 0 aliphatic carbocycles. The Morgan fingerprint density at radius 2 is 1.74 bits per heavy atom. The van der Waals surface area contributed by atoms with E-state index in [1.807, 2.05) is 45.9 Å². The van der Waals surface area contributed by atoms with Gasteiger partial charge in [-0.05, 0) is 55.2 Å². The van der Waals surface area contributed by atoms with Crippen LogP contribution in [0.25, 0.3) is 0 Å². The Hall–Kier alpha value is -2.56. The number of carbonyl (C=O) groups is 2. The first kappa shape index (κ1) is 16.8. The fourth-order valence-electron chi connectivity index (χ4n) is 2.42. The molecule has 0 spiro atoms. The molecule has 2 N–H and O–H groups in total. The number of amides is 2. The minimum atomic E-state index is -0.645. The summed E-state index contributed by atoms with van der Waals surface area (Å²) < 4.78 is 5.06. The number of benzene rings is 1. The van der Waals surface area contributed by atoms with E-state index in [0.717, 1.165) is 16.8 Å². The van der Waals surface area contributed by atoms with Gasteiger partial charge in [0.1, 0.15) is 6.04 Å². The van der Waals surface area contributed by atoms with Gasteiger partial charge in [0.2, 0.25) is 5.91 Å². The van der Waals surface area contributed by atoms with E-state index < -0.39 is 11.9 Å². The maximum Gasteiger partial charge on any atom is 0.287 e. The zero-order valence-corrected chi connectivity index (χ0v) is 13.8. The molecule has 0 radical (unpaired) electrons. The van der Waals surface area contributed by atoms with E-state index in [9.17, 15) is 9.59 Å². The van der Waals surface area contributed by atoms with Gasteiger partial charge in [0, 0.05) is 5.69 Å². The second kappa shape index (κ2) is 7.13. The lowest BCUT2D eigenvalue weighted by Crippen LogP contribution is -2.47. The average Bonchev–Trinajstić information content (AvgIpc) is 2.96. The van der Waals surface area contributed by atoms with Crippen molar-refractivity contribution >= 4 is 17.5 Å². The minimum Gasteiger partial charge on any atom is -0.459 e. The topological polar surface area (TPSA) is 71.3 Å². The maximum atomic E-state index is 12.5. The van der Waals surface area contributed by atoms with Crippen molar-refractivity contribution in [1.82, 2.24) is 5.32 Å². The summed E-state index contributed by atoms with van der Waals surface area (Å²) in [6, 6.07) is 8.39. The van der Waals surface area contributed by atoms with Crippen molar-refractivity contribution in [2.24, 2.45) is 5.92 Å². The molecule has 5 heteroatoms. The zero-order valence-electron chi connectivity index (χ0n) is 13.8. The van der Waals surface area contributed by atoms with Crippen LogP contribution in [0.2, 0.25) is 0 Å². The van der Waals surface area contributed by atoms with Gasteiger partial charge in [0.05, 0.1) is 6.26 Å². The predicted octanol–water partition coefficient (Wildman–Crippen LogP) is 3.29. The van der Waals surface area contributed by atoms with Crippen molar-refractivity contribution in [3.8, 4) is 0 Å². The van der Waals surface area contributed by atoms with Crippen molar-refractivity contribution in [2.75, 3.05) is 5.32 Å². The monoisotopic (exact) mass is 314 g/mol. The van der Waals surface area contributed by atoms with Crippen LogP contribution in [0, 0.1) is 19.8 Å². The van der Waals surface area contributed by atoms with Crippen LogP contribution >= 0.6 is 0 Å². The number of rotatable bonds is 5. The third kappa shape index (κ3) is 4.45. The summed E-state index contributed by atoms with van der Waals surface area (Å²) in [5.74, 6) is -0.510. The van der Waals surface area contributed by atoms with Crippen LogP contribution < -0.4 is 10.6 Å². The van der Waals surface area contributed by atoms with Gasteiger partial charge in [-0.25, -0.2) is 0 Å². The number of hydrogen-bond acceptors (Lipinski definition) is 3. The van der Waals surface area contributed by atoms with Gasteiger partial charge in [-0.2, -0.15) is 0 Å². The molecule has 0 unspecified atom stereocenters. The lowest BCUT2D eigenvalue weighted by molar-refractivity contribution is -0.118. The maximum absolute atomic E-state index is 12.5. The van der Waals surface area contributed by atoms with Crippen molar-refractivity contribution < 1.29 is 14.0 Å². The smallest absolute Gasteiger partial charge is 0.287 e. The second-order valence-corrected chi connectivity index (χ2v) is 6.04. The largest absolute Gasteiger partial charge is 0.459 e. The van der Waals surface area contributed by atoms with E-state index in [2.05, 4.69) is 10.6 Å². The van der Waals surface area contributed by atoms with Crippen molar-refractivity contribution in [3.63, 3.8) is 0 Å². The number of furan rings is 1. The Morgan fingerprint density at radius 3 is 2.26 bits per heavy atom. The first-order valence-corrected chi connectivity index (χ1v) is 7.60. The Bertz CT molecular complexity index is 670. The van der Waals surface area contributed by atoms with Crippen molar-refractivity contribution in [3.05, 3.63) is 53.5 Å². The van der Waals surface area contributed by atoms with Gasteiger partial charge in [-0.3, -0.25) is 9.59 Å². The van der Waals surface area contributed by atoms with Crippen LogP contribution in [0.4, 0.5) is 5.69 Å². The highest BCUT2D eigenvalue weighted by Crippen LogP contribution is 2.15. The molecular formula is C18H22N2O3. The fraction of sp³-hybridized carbons (Fsp3) is 0.333. The van der Waals surface area contributed by atoms with Crippen LogP contribution in [0.15, 0.2) is 41.0 Å². The quantitative estimate of drug-likeness (QED) is 0.889. The normalized spacial score (nSPS) is 12.0. The van der Waals surface area contributed by atoms with Crippen LogP contribution in [0.5, 0.6) is 0 Å². The van der Waals surface area contributed by atoms with Gasteiger partial charge in [-0.1, -0.05) is 19.9 Å². The summed E-state index contributed by atoms with van der Waals surface area (Å²) in [4.78, 5) is 24.6. The number of anilines is 1. The van der Waals surface area contributed by atoms with Crippen molar-refractivity contribution in [1.29, 1.82) is 0 Å². The third-order valence-corrected chi connectivity index (χ3v) is 3.47. The third-order valence-electron chi connectivity index (χ3n) is 3.47. The molecule has 0 aliphatic heterocycles. The Labute approximate surface area is 136 Å². The van der Waals surface area contributed by atoms with E-state index in [-0.39, 0.29) is 17.6 Å². The molecule has 1 aromatic carbocycles. The SMILES string of the molecule is Cc1cc(C)cc(NC(=O)[C@@H](NC(=O)c2ccco2)C(C)C)c1. The number of hydrogen-bond donors (Lipinski definition) is 2. The molecule has 0 aliphatic rings. The Morgan fingerprint density at radius 1 is 1.09 bits per heavy atom. The molecule has 0 bridgehead atoms. The second-order valence-electron chi connectivity index (χ2n) is 6.04. The molecule has 1 heterocycles. The van der Waals surface area contributed by atoms with E-state index in [4.69, 9.17) is 4.42 Å². The highest BCUT2D eigenvalue weighted by Gasteiger charge is 2.25. The molecule has 2 amide bonds. The highest BCUT2D eigenvalue weighted by atomic mass is 16.3. The average molecular weight is 314 g/mol. The molecule has 5 nitrogen and oxygen atoms in total. The van der Waals surface area contributed by atoms with Crippen LogP contribution in [0.1, 0.15) is 35.5 Å². The molecule has 0 fully saturated rings. The molecule has 122 valence electrons. The predicted molar refractivity (Wildman–Crippen MR) is 89.3 cm³/mol. The summed E-state index contributed by atoms with van der Waals surface area (Å²) in [6.07, 6.45) is 1.43. The Balaban J connectivity index is 2.10. The van der Waals surface area contributed by atoms with E-state index in [0.29, 0.717) is 0 Å². The molecule has 0 saturated carbocycles. The van der Waals surface area contributed by atoms with Gasteiger partial charge in [-0.15, -0.1) is 0 Å². The summed E-state index contributed by atoms with van der Waals surface area (Å²) >= 11 is 0. The summed E-state index contributed by atoms with van der Waals surface area (Å²) in [5.41, 5.74) is 2.87. The zero-order chi connectivity index (χ0) is 17.0. The molecule has 2 rings (SSSR count). The lowest BCUT2D eigenvalue weighted by atomic mass is 10.0. The first-order valence-electron chi connectivity index (χ1n) is 7.60. The summed E-state index contributed by atoms with van der Waals surface area (Å²) in [5, 5.41) is 5.59. The van der Waals surface area contributed by atoms with E-state index >= 15 is 0 Å². The van der Waals surface area contributed by atoms with Gasteiger partial charge >= 0.3 is 0 Å². The molecular weight excluding hydrogens is 292 g/mol. The van der Waals surface area contributed by atoms with Gasteiger partial charge in [0.15, 0.2) is 5.76 Å². The molecule has 2 aromatic rings. The van der Waals surface area contributed by atoms with E-state index in [1.165, 1.54) is 6.26 Å². The van der Waals surface area contributed by atoms with Gasteiger partial charge < -0.3 is 15.1 Å². The molecule has 0 saturated heterocycles. The Kier molecular flexibility index (Phi) is 5.21. The van der Waals surface area contributed by atoms with Crippen LogP contribution in [-0.4, -0.2) is 17.9 Å². The van der Waals surface area contributed by atoms with Crippen LogP contribution in [0.3, 0.4) is 0 Å². The minimum absolute atomic E-state index is 0.0557. The lowest BCUT2D eigenvalue weighted by Gasteiger charge is -2.21. The standard InChI is InChI=1S/C18H22N2O3/c1-11(2)16(20-17(21)15-6-5-7-23-15)18(22)19-14-9-12(3)8-13(4)10-14/h5-11,16H,1-4H3,(H,19,22)(H,20,21)/t16-/m0/s1. The highest BCUT2D eigenvalue weighted by molar-refractivity contribution is 6.00. The summed E-state index contributed by atoms with van der Waals surface area (Å²) in [7, 11) is 0. The van der Waals surface area contributed by atoms with Crippen molar-refractivity contribution in [2.45, 2.75) is 33.7 Å². The summed E-state index contributed by atoms with van der Waals surface area (Å²) in [6.45, 7) is 7.71. The molecule has 1 atom stereocenters. The van der Waals surface area contributed by atoms with Crippen LogP contribution in [-0.2, 0) is 4.79 Å². The van der Waals surface area contributed by atoms with E-state index in [1.54, 1.807) is 12.1 Å². The molecule has 23 heavy (non-hydrogen) atoms. The number of nitrogens with one attached hydrogen (secondary N) is 2. The number of aryl methyl sites for hydroxylation is 2. The first-order chi connectivity index (χ1) is 10.9. The molecule has 1 aromatic heterocycles.